The number of thiol groups is 1. The molecule has 0 radical (unpaired) electrons. The number of benzene rings is 1. The average molecular weight is 408 g/mol. The van der Waals surface area contributed by atoms with Gasteiger partial charge in [-0.15, -0.1) is 0 Å². The standard InChI is InChI=1S/C21H29NO5S/c1-21-7-6-10-11(14(21)4-5-17(21)23)2-3-12-13(10)8-15(19(25)18(12)24)22-16(9-28)20(26)27/h8,10-11,14,16-17,22-25,28H,2-7,9H2,1H3,(H,26,27)/t10?,11?,14?,16-,17-,21-/m0/s1. The van der Waals surface area contributed by atoms with E-state index < -0.39 is 12.0 Å². The highest BCUT2D eigenvalue weighted by Crippen LogP contribution is 2.62. The summed E-state index contributed by atoms with van der Waals surface area (Å²) in [5, 5.41) is 43.7. The van der Waals surface area contributed by atoms with Gasteiger partial charge in [-0.05, 0) is 73.3 Å². The highest BCUT2D eigenvalue weighted by molar-refractivity contribution is 7.80. The molecule has 2 saturated carbocycles. The molecule has 0 spiro atoms. The van der Waals surface area contributed by atoms with E-state index in [-0.39, 0.29) is 40.4 Å². The van der Waals surface area contributed by atoms with E-state index >= 15 is 0 Å². The number of hydrogen-bond donors (Lipinski definition) is 6. The molecule has 0 aliphatic heterocycles. The smallest absolute Gasteiger partial charge is 0.326 e. The third-order valence-corrected chi connectivity index (χ3v) is 8.10. The Labute approximate surface area is 170 Å². The number of phenols is 2. The Hall–Kier alpha value is -1.60. The number of aliphatic carboxylic acids is 1. The molecule has 0 bridgehead atoms. The zero-order valence-electron chi connectivity index (χ0n) is 16.1. The van der Waals surface area contributed by atoms with Gasteiger partial charge in [0.2, 0.25) is 0 Å². The lowest BCUT2D eigenvalue weighted by Gasteiger charge is -2.50. The van der Waals surface area contributed by atoms with Crippen LogP contribution in [0.25, 0.3) is 0 Å². The van der Waals surface area contributed by atoms with E-state index in [2.05, 4.69) is 24.9 Å². The van der Waals surface area contributed by atoms with Crippen molar-refractivity contribution in [3.63, 3.8) is 0 Å². The van der Waals surface area contributed by atoms with Gasteiger partial charge in [-0.3, -0.25) is 0 Å². The molecular weight excluding hydrogens is 378 g/mol. The molecule has 7 heteroatoms. The number of anilines is 1. The van der Waals surface area contributed by atoms with Crippen LogP contribution in [-0.4, -0.2) is 44.3 Å². The minimum Gasteiger partial charge on any atom is -0.504 e. The number of aromatic hydroxyl groups is 2. The molecule has 1 aromatic rings. The van der Waals surface area contributed by atoms with Crippen LogP contribution in [0.2, 0.25) is 0 Å². The number of carbonyl (C=O) groups is 1. The van der Waals surface area contributed by atoms with E-state index in [1.54, 1.807) is 0 Å². The third-order valence-electron chi connectivity index (χ3n) is 7.74. The van der Waals surface area contributed by atoms with Gasteiger partial charge in [-0.2, -0.15) is 12.6 Å². The van der Waals surface area contributed by atoms with E-state index in [1.807, 2.05) is 6.07 Å². The van der Waals surface area contributed by atoms with E-state index in [4.69, 9.17) is 0 Å². The number of aliphatic hydroxyl groups is 1. The van der Waals surface area contributed by atoms with Crippen LogP contribution in [0, 0.1) is 17.3 Å². The highest BCUT2D eigenvalue weighted by Gasteiger charge is 2.54. The number of aliphatic hydroxyl groups excluding tert-OH is 1. The third kappa shape index (κ3) is 2.86. The van der Waals surface area contributed by atoms with E-state index in [0.717, 1.165) is 43.2 Å². The minimum absolute atomic E-state index is 0.0286. The summed E-state index contributed by atoms with van der Waals surface area (Å²) in [6, 6.07) is 0.875. The van der Waals surface area contributed by atoms with Crippen LogP contribution in [0.5, 0.6) is 11.5 Å². The maximum Gasteiger partial charge on any atom is 0.326 e. The van der Waals surface area contributed by atoms with Gasteiger partial charge in [0, 0.05) is 11.3 Å². The predicted molar refractivity (Wildman–Crippen MR) is 109 cm³/mol. The maximum absolute atomic E-state index is 11.4. The fourth-order valence-corrected chi connectivity index (χ4v) is 6.40. The minimum atomic E-state index is -1.06. The number of nitrogens with one attached hydrogen (secondary N) is 1. The van der Waals surface area contributed by atoms with Crippen LogP contribution in [-0.2, 0) is 11.2 Å². The first-order valence-electron chi connectivity index (χ1n) is 10.1. The zero-order valence-corrected chi connectivity index (χ0v) is 17.0. The number of carboxylic acids is 1. The largest absolute Gasteiger partial charge is 0.504 e. The Morgan fingerprint density at radius 3 is 2.71 bits per heavy atom. The van der Waals surface area contributed by atoms with Gasteiger partial charge in [-0.25, -0.2) is 4.79 Å². The highest BCUT2D eigenvalue weighted by atomic mass is 32.1. The summed E-state index contributed by atoms with van der Waals surface area (Å²) in [5.41, 5.74) is 2.02. The maximum atomic E-state index is 11.4. The van der Waals surface area contributed by atoms with Gasteiger partial charge in [0.1, 0.15) is 6.04 Å². The summed E-state index contributed by atoms with van der Waals surface area (Å²) >= 11 is 4.07. The summed E-state index contributed by atoms with van der Waals surface area (Å²) in [6.07, 6.45) is 5.15. The molecule has 0 saturated heterocycles. The Morgan fingerprint density at radius 1 is 1.29 bits per heavy atom. The van der Waals surface area contributed by atoms with Crippen molar-refractivity contribution in [3.8, 4) is 11.5 Å². The number of rotatable bonds is 4. The Balaban J connectivity index is 1.71. The van der Waals surface area contributed by atoms with Crippen molar-refractivity contribution in [2.75, 3.05) is 11.1 Å². The Morgan fingerprint density at radius 2 is 2.04 bits per heavy atom. The molecule has 5 N–H and O–H groups in total. The van der Waals surface area contributed by atoms with Gasteiger partial charge in [0.05, 0.1) is 11.8 Å². The van der Waals surface area contributed by atoms with Crippen molar-refractivity contribution in [3.05, 3.63) is 17.2 Å². The topological polar surface area (TPSA) is 110 Å². The Bertz CT molecular complexity index is 799. The number of phenolic OH excluding ortho intramolecular Hbond substituents is 2. The van der Waals surface area contributed by atoms with Crippen LogP contribution < -0.4 is 5.32 Å². The van der Waals surface area contributed by atoms with E-state index in [0.29, 0.717) is 18.3 Å². The van der Waals surface area contributed by atoms with Crippen LogP contribution in [0.1, 0.15) is 56.1 Å². The molecule has 4 rings (SSSR count). The Kier molecular flexibility index (Phi) is 4.94. The molecule has 3 aliphatic rings. The summed E-state index contributed by atoms with van der Waals surface area (Å²) < 4.78 is 0. The van der Waals surface area contributed by atoms with Crippen molar-refractivity contribution in [2.45, 2.75) is 63.5 Å². The first-order valence-corrected chi connectivity index (χ1v) is 10.8. The SMILES string of the molecule is C[C@]12CCC3c4cc(N[C@@H](CS)C(=O)O)c(O)c(O)c4CCC3C1CC[C@@H]2O. The first-order chi connectivity index (χ1) is 13.3. The summed E-state index contributed by atoms with van der Waals surface area (Å²) in [4.78, 5) is 11.4. The fraction of sp³-hybridized carbons (Fsp3) is 0.667. The second-order valence-electron chi connectivity index (χ2n) is 8.96. The van der Waals surface area contributed by atoms with Gasteiger partial charge in [0.25, 0.3) is 0 Å². The van der Waals surface area contributed by atoms with Gasteiger partial charge in [-0.1, -0.05) is 6.92 Å². The monoisotopic (exact) mass is 407 g/mol. The van der Waals surface area contributed by atoms with Crippen LogP contribution in [0.3, 0.4) is 0 Å². The molecule has 28 heavy (non-hydrogen) atoms. The molecule has 154 valence electrons. The molecule has 3 aliphatic carbocycles. The molecule has 0 aromatic heterocycles. The zero-order chi connectivity index (χ0) is 20.2. The molecule has 0 amide bonds. The summed E-state index contributed by atoms with van der Waals surface area (Å²) in [7, 11) is 0. The predicted octanol–water partition coefficient (Wildman–Crippen LogP) is 3.11. The lowest BCUT2D eigenvalue weighted by Crippen LogP contribution is -2.44. The second kappa shape index (κ2) is 7.02. The summed E-state index contributed by atoms with van der Waals surface area (Å²) in [5.74, 6) is -0.247. The number of fused-ring (bicyclic) bond motifs is 5. The van der Waals surface area contributed by atoms with Crippen LogP contribution >= 0.6 is 12.6 Å². The van der Waals surface area contributed by atoms with Crippen molar-refractivity contribution >= 4 is 24.3 Å². The normalized spacial score (nSPS) is 34.8. The van der Waals surface area contributed by atoms with Crippen LogP contribution in [0.15, 0.2) is 6.07 Å². The quantitative estimate of drug-likeness (QED) is 0.338. The molecule has 6 atom stereocenters. The molecule has 3 unspecified atom stereocenters. The van der Waals surface area contributed by atoms with Crippen molar-refractivity contribution in [1.29, 1.82) is 0 Å². The van der Waals surface area contributed by atoms with Gasteiger partial charge >= 0.3 is 5.97 Å². The number of hydrogen-bond acceptors (Lipinski definition) is 6. The summed E-state index contributed by atoms with van der Waals surface area (Å²) in [6.45, 7) is 2.21. The van der Waals surface area contributed by atoms with Gasteiger partial charge < -0.3 is 25.7 Å². The van der Waals surface area contributed by atoms with Crippen molar-refractivity contribution in [2.24, 2.45) is 17.3 Å². The van der Waals surface area contributed by atoms with Crippen molar-refractivity contribution < 1.29 is 25.2 Å². The van der Waals surface area contributed by atoms with E-state index in [1.165, 1.54) is 0 Å². The average Bonchev–Trinajstić information content (AvgIpc) is 2.97. The molecule has 2 fully saturated rings. The van der Waals surface area contributed by atoms with Crippen molar-refractivity contribution in [1.82, 2.24) is 0 Å². The van der Waals surface area contributed by atoms with Crippen LogP contribution in [0.4, 0.5) is 5.69 Å². The van der Waals surface area contributed by atoms with E-state index in [9.17, 15) is 25.2 Å². The molecule has 6 nitrogen and oxygen atoms in total. The lowest BCUT2D eigenvalue weighted by atomic mass is 9.55. The second-order valence-corrected chi connectivity index (χ2v) is 9.33. The number of carboxylic acid groups (broad SMARTS) is 1. The van der Waals surface area contributed by atoms with Gasteiger partial charge in [0.15, 0.2) is 11.5 Å². The molecule has 1 aromatic carbocycles. The molecule has 0 heterocycles. The molecular formula is C21H29NO5S. The fourth-order valence-electron chi connectivity index (χ4n) is 6.15. The first kappa shape index (κ1) is 19.7. The lowest BCUT2D eigenvalue weighted by molar-refractivity contribution is -0.137.